The highest BCUT2D eigenvalue weighted by atomic mass is 35.5. The van der Waals surface area contributed by atoms with Crippen molar-refractivity contribution in [1.29, 1.82) is 0 Å². The number of para-hydroxylation sites is 1. The van der Waals surface area contributed by atoms with E-state index in [0.29, 0.717) is 30.0 Å². The third kappa shape index (κ3) is 4.90. The van der Waals surface area contributed by atoms with Crippen molar-refractivity contribution in [2.75, 3.05) is 17.4 Å². The van der Waals surface area contributed by atoms with E-state index in [0.717, 1.165) is 37.9 Å². The van der Waals surface area contributed by atoms with Crippen molar-refractivity contribution >= 4 is 27.3 Å². The molecule has 36 heavy (non-hydrogen) atoms. The summed E-state index contributed by atoms with van der Waals surface area (Å²) in [6.07, 6.45) is 8.57. The quantitative estimate of drug-likeness (QED) is 0.477. The van der Waals surface area contributed by atoms with E-state index < -0.39 is 15.6 Å². The number of nitrogens with zero attached hydrogens (tertiary/aromatic N) is 3. The predicted molar refractivity (Wildman–Crippen MR) is 143 cm³/mol. The minimum absolute atomic E-state index is 0.00514. The molecule has 2 fully saturated rings. The number of aliphatic hydroxyl groups is 1. The van der Waals surface area contributed by atoms with Crippen molar-refractivity contribution in [3.63, 3.8) is 0 Å². The van der Waals surface area contributed by atoms with E-state index in [4.69, 9.17) is 11.6 Å². The van der Waals surface area contributed by atoms with E-state index in [1.807, 2.05) is 42.5 Å². The van der Waals surface area contributed by atoms with E-state index in [9.17, 15) is 13.5 Å². The van der Waals surface area contributed by atoms with Crippen LogP contribution in [0.4, 0.5) is 5.69 Å². The molecule has 5 rings (SSSR count). The van der Waals surface area contributed by atoms with Gasteiger partial charge in [0.1, 0.15) is 5.60 Å². The van der Waals surface area contributed by atoms with Crippen molar-refractivity contribution in [3.8, 4) is 0 Å². The standard InChI is InChI=1S/C28H32ClN3O3S/c29-23-11-13-26(14-12-23)36(34,35)32(24-8-2-1-3-9-24)25-15-19-31(20-16-25)27-10-4-5-17-28(27,33)22-7-6-18-30-21-22/h1-3,6-9,11-14,18,21,25,27,33H,4-5,10,15-17,19-20H2/t27-,28+/m1/s1. The first kappa shape index (κ1) is 25.2. The van der Waals surface area contributed by atoms with Gasteiger partial charge in [0.15, 0.2) is 0 Å². The molecule has 8 heteroatoms. The highest BCUT2D eigenvalue weighted by Crippen LogP contribution is 2.41. The van der Waals surface area contributed by atoms with Crippen LogP contribution in [0, 0.1) is 0 Å². The SMILES string of the molecule is O=S(=O)(c1ccc(Cl)cc1)N(c1ccccc1)C1CCN([C@@H]2CCCC[C@]2(O)c2cccnc2)CC1. The van der Waals surface area contributed by atoms with Gasteiger partial charge >= 0.3 is 0 Å². The number of hydrogen-bond donors (Lipinski definition) is 1. The molecule has 1 aromatic heterocycles. The average molecular weight is 526 g/mol. The minimum Gasteiger partial charge on any atom is -0.383 e. The number of pyridine rings is 1. The maximum Gasteiger partial charge on any atom is 0.264 e. The average Bonchev–Trinajstić information content (AvgIpc) is 2.91. The van der Waals surface area contributed by atoms with Gasteiger partial charge in [0.05, 0.1) is 10.6 Å². The van der Waals surface area contributed by atoms with Crippen LogP contribution in [0.2, 0.25) is 5.02 Å². The van der Waals surface area contributed by atoms with Gasteiger partial charge in [-0.05, 0) is 68.1 Å². The summed E-state index contributed by atoms with van der Waals surface area (Å²) < 4.78 is 29.3. The second-order valence-electron chi connectivity index (χ2n) is 9.79. The lowest BCUT2D eigenvalue weighted by Crippen LogP contribution is -2.57. The number of aromatic nitrogens is 1. The summed E-state index contributed by atoms with van der Waals surface area (Å²) in [5.74, 6) is 0. The highest BCUT2D eigenvalue weighted by Gasteiger charge is 2.45. The summed E-state index contributed by atoms with van der Waals surface area (Å²) >= 11 is 6.03. The Bertz CT molecular complexity index is 1250. The third-order valence-corrected chi connectivity index (χ3v) is 9.80. The summed E-state index contributed by atoms with van der Waals surface area (Å²) in [7, 11) is -3.78. The topological polar surface area (TPSA) is 73.7 Å². The number of benzene rings is 2. The van der Waals surface area contributed by atoms with Gasteiger partial charge in [0.2, 0.25) is 0 Å². The molecule has 3 aromatic rings. The molecule has 2 aromatic carbocycles. The Morgan fingerprint density at radius 3 is 2.33 bits per heavy atom. The molecule has 2 atom stereocenters. The van der Waals surface area contributed by atoms with E-state index in [-0.39, 0.29) is 17.0 Å². The second kappa shape index (κ2) is 10.5. The van der Waals surface area contributed by atoms with E-state index >= 15 is 0 Å². The lowest BCUT2D eigenvalue weighted by Gasteiger charge is -2.49. The first-order valence-corrected chi connectivity index (χ1v) is 14.4. The first-order chi connectivity index (χ1) is 17.4. The molecule has 2 aliphatic rings. The molecule has 0 radical (unpaired) electrons. The summed E-state index contributed by atoms with van der Waals surface area (Å²) in [4.78, 5) is 6.85. The normalized spacial score (nSPS) is 23.9. The second-order valence-corrected chi connectivity index (χ2v) is 12.0. The summed E-state index contributed by atoms with van der Waals surface area (Å²) in [6.45, 7) is 1.44. The van der Waals surface area contributed by atoms with Gasteiger partial charge in [-0.3, -0.25) is 14.2 Å². The minimum atomic E-state index is -3.78. The molecular formula is C28H32ClN3O3S. The summed E-state index contributed by atoms with van der Waals surface area (Å²) in [5.41, 5.74) is 0.594. The molecular weight excluding hydrogens is 494 g/mol. The molecule has 0 amide bonds. The number of piperidine rings is 1. The Morgan fingerprint density at radius 1 is 0.944 bits per heavy atom. The predicted octanol–water partition coefficient (Wildman–Crippen LogP) is 5.23. The summed E-state index contributed by atoms with van der Waals surface area (Å²) in [5, 5.41) is 12.3. The van der Waals surface area contributed by atoms with E-state index in [2.05, 4.69) is 9.88 Å². The fourth-order valence-corrected chi connectivity index (χ4v) is 7.69. The lowest BCUT2D eigenvalue weighted by molar-refractivity contribution is -0.0851. The number of likely N-dealkylation sites (tertiary alicyclic amines) is 1. The van der Waals surface area contributed by atoms with Crippen LogP contribution in [0.3, 0.4) is 0 Å². The Hall–Kier alpha value is -2.45. The fourth-order valence-electron chi connectivity index (χ4n) is 5.85. The smallest absolute Gasteiger partial charge is 0.264 e. The van der Waals surface area contributed by atoms with Gasteiger partial charge in [-0.25, -0.2) is 8.42 Å². The van der Waals surface area contributed by atoms with Crippen LogP contribution in [-0.4, -0.2) is 48.6 Å². The molecule has 0 unspecified atom stereocenters. The van der Waals surface area contributed by atoms with Crippen molar-refractivity contribution in [1.82, 2.24) is 9.88 Å². The molecule has 2 heterocycles. The number of rotatable bonds is 6. The van der Waals surface area contributed by atoms with Crippen LogP contribution in [0.5, 0.6) is 0 Å². The van der Waals surface area contributed by atoms with Gasteiger partial charge < -0.3 is 5.11 Å². The third-order valence-electron chi connectivity index (χ3n) is 7.65. The monoisotopic (exact) mass is 525 g/mol. The molecule has 0 bridgehead atoms. The molecule has 1 saturated carbocycles. The molecule has 1 aliphatic heterocycles. The van der Waals surface area contributed by atoms with Crippen molar-refractivity contribution in [2.24, 2.45) is 0 Å². The van der Waals surface area contributed by atoms with Gasteiger partial charge in [-0.15, -0.1) is 0 Å². The van der Waals surface area contributed by atoms with Crippen molar-refractivity contribution < 1.29 is 13.5 Å². The molecule has 1 N–H and O–H groups in total. The molecule has 190 valence electrons. The molecule has 1 aliphatic carbocycles. The van der Waals surface area contributed by atoms with E-state index in [1.165, 1.54) is 0 Å². The fraction of sp³-hybridized carbons (Fsp3) is 0.393. The first-order valence-electron chi connectivity index (χ1n) is 12.6. The number of anilines is 1. The Labute approximate surface area is 218 Å². The van der Waals surface area contributed by atoms with Gasteiger partial charge in [-0.2, -0.15) is 0 Å². The number of hydrogen-bond acceptors (Lipinski definition) is 5. The summed E-state index contributed by atoms with van der Waals surface area (Å²) in [6, 6.07) is 19.3. The molecule has 6 nitrogen and oxygen atoms in total. The maximum absolute atomic E-state index is 13.8. The number of halogens is 1. The van der Waals surface area contributed by atoms with Crippen molar-refractivity contribution in [2.45, 2.75) is 61.1 Å². The largest absolute Gasteiger partial charge is 0.383 e. The van der Waals surface area contributed by atoms with Crippen LogP contribution in [0.1, 0.15) is 44.1 Å². The van der Waals surface area contributed by atoms with E-state index in [1.54, 1.807) is 41.0 Å². The van der Waals surface area contributed by atoms with Gasteiger partial charge in [0.25, 0.3) is 10.0 Å². The lowest BCUT2D eigenvalue weighted by atomic mass is 9.75. The van der Waals surface area contributed by atoms with Crippen LogP contribution >= 0.6 is 11.6 Å². The Kier molecular flexibility index (Phi) is 7.35. The number of sulfonamides is 1. The zero-order chi connectivity index (χ0) is 25.2. The zero-order valence-corrected chi connectivity index (χ0v) is 21.8. The van der Waals surface area contributed by atoms with Gasteiger partial charge in [-0.1, -0.05) is 48.7 Å². The van der Waals surface area contributed by atoms with Crippen molar-refractivity contribution in [3.05, 3.63) is 89.7 Å². The maximum atomic E-state index is 13.8. The zero-order valence-electron chi connectivity index (χ0n) is 20.2. The van der Waals surface area contributed by atoms with Crippen LogP contribution in [-0.2, 0) is 15.6 Å². The van der Waals surface area contributed by atoms with Crippen LogP contribution < -0.4 is 4.31 Å². The Morgan fingerprint density at radius 2 is 1.67 bits per heavy atom. The highest BCUT2D eigenvalue weighted by molar-refractivity contribution is 7.92. The van der Waals surface area contributed by atoms with Crippen LogP contribution in [0.25, 0.3) is 0 Å². The molecule has 1 saturated heterocycles. The molecule has 0 spiro atoms. The van der Waals surface area contributed by atoms with Crippen LogP contribution in [0.15, 0.2) is 84.0 Å². The van der Waals surface area contributed by atoms with Gasteiger partial charge in [0, 0.05) is 48.2 Å². The Balaban J connectivity index is 1.40.